The maximum Gasteiger partial charge on any atom is 0.417 e. The zero-order valence-electron chi connectivity index (χ0n) is 11.9. The Balaban J connectivity index is 2.90. The average Bonchev–Trinajstić information content (AvgIpc) is 2.41. The van der Waals surface area contributed by atoms with Gasteiger partial charge in [0.25, 0.3) is 0 Å². The molecule has 0 heterocycles. The number of nitrogens with zero attached hydrogens (tertiary/aromatic N) is 1. The predicted molar refractivity (Wildman–Crippen MR) is 76.7 cm³/mol. The van der Waals surface area contributed by atoms with Crippen molar-refractivity contribution in [3.8, 4) is 0 Å². The highest BCUT2D eigenvalue weighted by atomic mass is 19.4. The molecule has 0 atom stereocenters. The largest absolute Gasteiger partial charge is 0.417 e. The van der Waals surface area contributed by atoms with Gasteiger partial charge < -0.3 is 15.7 Å². The van der Waals surface area contributed by atoms with Crippen molar-refractivity contribution in [3.63, 3.8) is 0 Å². The fourth-order valence-corrected chi connectivity index (χ4v) is 2.01. The smallest absolute Gasteiger partial charge is 0.396 e. The molecule has 21 heavy (non-hydrogen) atoms. The molecule has 1 rings (SSSR count). The standard InChI is InChI=1S/C14H20F3N3O/c1-20(7-3-2-4-8-21)10-5-6-12(14(15,16)17)11(9-10)13(18)19/h5-6,9,21H,2-4,7-8H2,1H3,(H3,18,19). The van der Waals surface area contributed by atoms with Gasteiger partial charge in [-0.05, 0) is 37.5 Å². The first-order valence-corrected chi connectivity index (χ1v) is 6.65. The Morgan fingerprint density at radius 1 is 1.29 bits per heavy atom. The minimum absolute atomic E-state index is 0.137. The van der Waals surface area contributed by atoms with Gasteiger partial charge in [0.15, 0.2) is 0 Å². The van der Waals surface area contributed by atoms with Crippen LogP contribution < -0.4 is 10.6 Å². The molecule has 0 fully saturated rings. The molecule has 0 aliphatic carbocycles. The van der Waals surface area contributed by atoms with Crippen LogP contribution in [0.2, 0.25) is 0 Å². The summed E-state index contributed by atoms with van der Waals surface area (Å²) in [7, 11) is 1.77. The van der Waals surface area contributed by atoms with Crippen LogP contribution in [0.1, 0.15) is 30.4 Å². The zero-order chi connectivity index (χ0) is 16.0. The van der Waals surface area contributed by atoms with Crippen molar-refractivity contribution in [1.82, 2.24) is 0 Å². The molecule has 0 radical (unpaired) electrons. The molecule has 0 aromatic heterocycles. The molecule has 0 spiro atoms. The predicted octanol–water partition coefficient (Wildman–Crippen LogP) is 2.59. The first-order chi connectivity index (χ1) is 9.77. The summed E-state index contributed by atoms with van der Waals surface area (Å²) < 4.78 is 38.5. The molecule has 0 amide bonds. The number of amidine groups is 1. The number of anilines is 1. The Hall–Kier alpha value is -1.76. The maximum absolute atomic E-state index is 12.8. The van der Waals surface area contributed by atoms with Crippen LogP contribution in [-0.4, -0.2) is 31.1 Å². The molecule has 118 valence electrons. The van der Waals surface area contributed by atoms with Gasteiger partial charge in [-0.2, -0.15) is 13.2 Å². The van der Waals surface area contributed by atoms with Crippen molar-refractivity contribution < 1.29 is 18.3 Å². The number of unbranched alkanes of at least 4 members (excludes halogenated alkanes) is 2. The number of benzene rings is 1. The van der Waals surface area contributed by atoms with Crippen LogP contribution in [0.5, 0.6) is 0 Å². The number of nitrogen functional groups attached to an aromatic ring is 1. The SMILES string of the molecule is CN(CCCCCO)c1ccc(C(F)(F)F)c(C(=N)N)c1. The highest BCUT2D eigenvalue weighted by Gasteiger charge is 2.34. The Kier molecular flexibility index (Phi) is 6.02. The lowest BCUT2D eigenvalue weighted by Crippen LogP contribution is -2.22. The van der Waals surface area contributed by atoms with Gasteiger partial charge in [-0.25, -0.2) is 0 Å². The Labute approximate surface area is 121 Å². The summed E-state index contributed by atoms with van der Waals surface area (Å²) in [5.74, 6) is -0.599. The van der Waals surface area contributed by atoms with Gasteiger partial charge in [0, 0.05) is 31.5 Å². The van der Waals surface area contributed by atoms with E-state index in [4.69, 9.17) is 16.2 Å². The lowest BCUT2D eigenvalue weighted by Gasteiger charge is -2.21. The van der Waals surface area contributed by atoms with Crippen LogP contribution in [0.25, 0.3) is 0 Å². The number of hydrogen-bond acceptors (Lipinski definition) is 3. The topological polar surface area (TPSA) is 73.3 Å². The van der Waals surface area contributed by atoms with Crippen molar-refractivity contribution in [2.75, 3.05) is 25.1 Å². The summed E-state index contributed by atoms with van der Waals surface area (Å²) in [6, 6.07) is 3.62. The van der Waals surface area contributed by atoms with Crippen LogP contribution in [-0.2, 0) is 6.18 Å². The normalized spacial score (nSPS) is 11.5. The van der Waals surface area contributed by atoms with Gasteiger partial charge >= 0.3 is 6.18 Å². The first kappa shape index (κ1) is 17.3. The van der Waals surface area contributed by atoms with E-state index in [-0.39, 0.29) is 12.2 Å². The third-order valence-corrected chi connectivity index (χ3v) is 3.19. The lowest BCUT2D eigenvalue weighted by molar-refractivity contribution is -0.137. The molecule has 0 aliphatic heterocycles. The second-order valence-electron chi connectivity index (χ2n) is 4.85. The third kappa shape index (κ3) is 4.93. The van der Waals surface area contributed by atoms with Crippen LogP contribution in [0.15, 0.2) is 18.2 Å². The van der Waals surface area contributed by atoms with Gasteiger partial charge in [-0.1, -0.05) is 0 Å². The number of nitrogens with one attached hydrogen (secondary N) is 1. The Bertz CT molecular complexity index is 489. The number of aliphatic hydroxyl groups is 1. The monoisotopic (exact) mass is 303 g/mol. The van der Waals surface area contributed by atoms with E-state index in [0.29, 0.717) is 18.7 Å². The summed E-state index contributed by atoms with van der Waals surface area (Å²) in [5, 5.41) is 16.0. The highest BCUT2D eigenvalue weighted by Crippen LogP contribution is 2.33. The molecular formula is C14H20F3N3O. The van der Waals surface area contributed by atoms with Crippen molar-refractivity contribution >= 4 is 11.5 Å². The van der Waals surface area contributed by atoms with Gasteiger partial charge in [0.1, 0.15) is 5.84 Å². The van der Waals surface area contributed by atoms with Crippen LogP contribution in [0.3, 0.4) is 0 Å². The van der Waals surface area contributed by atoms with E-state index in [1.807, 2.05) is 4.90 Å². The number of halogens is 3. The molecule has 0 saturated carbocycles. The van der Waals surface area contributed by atoms with E-state index in [1.165, 1.54) is 12.1 Å². The van der Waals surface area contributed by atoms with Gasteiger partial charge in [-0.3, -0.25) is 5.41 Å². The Morgan fingerprint density at radius 3 is 2.48 bits per heavy atom. The quantitative estimate of drug-likeness (QED) is 0.412. The molecule has 0 aliphatic rings. The van der Waals surface area contributed by atoms with Crippen molar-refractivity contribution in [2.24, 2.45) is 5.73 Å². The molecule has 1 aromatic carbocycles. The number of nitrogens with two attached hydrogens (primary N) is 1. The molecule has 4 nitrogen and oxygen atoms in total. The minimum atomic E-state index is -4.53. The van der Waals surface area contributed by atoms with Gasteiger partial charge in [0.05, 0.1) is 5.56 Å². The summed E-state index contributed by atoms with van der Waals surface area (Å²) in [6.07, 6.45) is -2.15. The van der Waals surface area contributed by atoms with Gasteiger partial charge in [0.2, 0.25) is 0 Å². The van der Waals surface area contributed by atoms with E-state index < -0.39 is 17.6 Å². The van der Waals surface area contributed by atoms with E-state index >= 15 is 0 Å². The fourth-order valence-electron chi connectivity index (χ4n) is 2.01. The minimum Gasteiger partial charge on any atom is -0.396 e. The van der Waals surface area contributed by atoms with Crippen molar-refractivity contribution in [3.05, 3.63) is 29.3 Å². The fraction of sp³-hybridized carbons (Fsp3) is 0.500. The molecule has 0 saturated heterocycles. The molecule has 0 unspecified atom stereocenters. The van der Waals surface area contributed by atoms with Crippen LogP contribution in [0.4, 0.5) is 18.9 Å². The maximum atomic E-state index is 12.8. The van der Waals surface area contributed by atoms with Crippen molar-refractivity contribution in [1.29, 1.82) is 5.41 Å². The zero-order valence-corrected chi connectivity index (χ0v) is 11.9. The number of hydrogen-bond donors (Lipinski definition) is 3. The second kappa shape index (κ2) is 7.31. The second-order valence-corrected chi connectivity index (χ2v) is 4.85. The summed E-state index contributed by atoms with van der Waals surface area (Å²) in [5.41, 5.74) is 4.64. The molecule has 7 heteroatoms. The Morgan fingerprint density at radius 2 is 1.95 bits per heavy atom. The molecule has 0 bridgehead atoms. The third-order valence-electron chi connectivity index (χ3n) is 3.19. The summed E-state index contributed by atoms with van der Waals surface area (Å²) >= 11 is 0. The summed E-state index contributed by atoms with van der Waals surface area (Å²) in [4.78, 5) is 1.81. The average molecular weight is 303 g/mol. The molecule has 4 N–H and O–H groups in total. The van der Waals surface area contributed by atoms with Gasteiger partial charge in [-0.15, -0.1) is 0 Å². The number of rotatable bonds is 7. The lowest BCUT2D eigenvalue weighted by atomic mass is 10.0. The highest BCUT2D eigenvalue weighted by molar-refractivity contribution is 5.97. The van der Waals surface area contributed by atoms with Crippen molar-refractivity contribution in [2.45, 2.75) is 25.4 Å². The molecule has 1 aromatic rings. The first-order valence-electron chi connectivity index (χ1n) is 6.65. The van der Waals surface area contributed by atoms with E-state index in [2.05, 4.69) is 0 Å². The summed E-state index contributed by atoms with van der Waals surface area (Å²) in [6.45, 7) is 0.793. The number of aliphatic hydroxyl groups excluding tert-OH is 1. The number of alkyl halides is 3. The van der Waals surface area contributed by atoms with Crippen LogP contribution >= 0.6 is 0 Å². The van der Waals surface area contributed by atoms with E-state index in [9.17, 15) is 13.2 Å². The van der Waals surface area contributed by atoms with Crippen LogP contribution in [0, 0.1) is 5.41 Å². The van der Waals surface area contributed by atoms with E-state index in [0.717, 1.165) is 18.9 Å². The van der Waals surface area contributed by atoms with E-state index in [1.54, 1.807) is 7.05 Å². The molecular weight excluding hydrogens is 283 g/mol.